The first-order valence-electron chi connectivity index (χ1n) is 6.53. The average Bonchev–Trinajstić information content (AvgIpc) is 2.40. The van der Waals surface area contributed by atoms with E-state index < -0.39 is 10.0 Å². The lowest BCUT2D eigenvalue weighted by Crippen LogP contribution is -2.31. The molecule has 106 valence electrons. The molecule has 19 heavy (non-hydrogen) atoms. The monoisotopic (exact) mass is 284 g/mol. The van der Waals surface area contributed by atoms with Gasteiger partial charge in [0.1, 0.15) is 5.75 Å². The van der Waals surface area contributed by atoms with Crippen LogP contribution in [0.15, 0.2) is 23.1 Å². The van der Waals surface area contributed by atoms with E-state index in [9.17, 15) is 8.42 Å². The first-order valence-corrected chi connectivity index (χ1v) is 7.97. The van der Waals surface area contributed by atoms with Crippen LogP contribution in [0, 0.1) is 0 Å². The summed E-state index contributed by atoms with van der Waals surface area (Å²) in [5, 5.41) is 0. The van der Waals surface area contributed by atoms with Crippen LogP contribution in [0.4, 0.5) is 0 Å². The molecule has 0 amide bonds. The highest BCUT2D eigenvalue weighted by Crippen LogP contribution is 2.33. The molecule has 2 rings (SSSR count). The smallest absolute Gasteiger partial charge is 0.243 e. The van der Waals surface area contributed by atoms with Crippen molar-refractivity contribution in [1.29, 1.82) is 0 Å². The molecule has 1 aromatic rings. The van der Waals surface area contributed by atoms with Gasteiger partial charge in [-0.05, 0) is 18.2 Å². The van der Waals surface area contributed by atoms with Crippen molar-refractivity contribution in [3.05, 3.63) is 23.8 Å². The van der Waals surface area contributed by atoms with Crippen LogP contribution in [-0.2, 0) is 10.0 Å². The third-order valence-corrected chi connectivity index (χ3v) is 5.46. The van der Waals surface area contributed by atoms with Crippen LogP contribution in [0.5, 0.6) is 5.75 Å². The van der Waals surface area contributed by atoms with Gasteiger partial charge in [0.2, 0.25) is 10.0 Å². The number of sulfonamides is 1. The highest BCUT2D eigenvalue weighted by molar-refractivity contribution is 7.89. The van der Waals surface area contributed by atoms with E-state index in [1.54, 1.807) is 18.2 Å². The molecule has 0 saturated carbocycles. The molecule has 5 nitrogen and oxygen atoms in total. The lowest BCUT2D eigenvalue weighted by atomic mass is 10.0. The summed E-state index contributed by atoms with van der Waals surface area (Å²) in [6.07, 6.45) is 0.710. The van der Waals surface area contributed by atoms with Crippen LogP contribution in [0.3, 0.4) is 0 Å². The Kier molecular flexibility index (Phi) is 4.13. The van der Waals surface area contributed by atoms with Gasteiger partial charge < -0.3 is 10.5 Å². The van der Waals surface area contributed by atoms with E-state index in [2.05, 4.69) is 0 Å². The van der Waals surface area contributed by atoms with Crippen molar-refractivity contribution in [2.45, 2.75) is 31.2 Å². The third kappa shape index (κ3) is 2.61. The Bertz CT molecular complexity index is 553. The summed E-state index contributed by atoms with van der Waals surface area (Å²) in [7, 11) is -3.44. The van der Waals surface area contributed by atoms with Crippen LogP contribution in [0.25, 0.3) is 0 Å². The fraction of sp³-hybridized carbons (Fsp3) is 0.538. The zero-order chi connectivity index (χ0) is 14.0. The number of rotatable bonds is 4. The summed E-state index contributed by atoms with van der Waals surface area (Å²) < 4.78 is 31.8. The fourth-order valence-electron chi connectivity index (χ4n) is 2.27. The van der Waals surface area contributed by atoms with E-state index in [4.69, 9.17) is 10.5 Å². The predicted molar refractivity (Wildman–Crippen MR) is 73.6 cm³/mol. The minimum Gasteiger partial charge on any atom is -0.493 e. The molecule has 0 radical (unpaired) electrons. The van der Waals surface area contributed by atoms with Gasteiger partial charge in [-0.25, -0.2) is 8.42 Å². The summed E-state index contributed by atoms with van der Waals surface area (Å²) in [5.41, 5.74) is 6.79. The molecule has 1 aromatic carbocycles. The number of nitrogens with two attached hydrogens (primary N) is 1. The Hall–Kier alpha value is -1.11. The van der Waals surface area contributed by atoms with Crippen molar-refractivity contribution in [3.63, 3.8) is 0 Å². The zero-order valence-corrected chi connectivity index (χ0v) is 12.1. The van der Waals surface area contributed by atoms with Gasteiger partial charge in [-0.1, -0.05) is 13.8 Å². The van der Waals surface area contributed by atoms with Crippen molar-refractivity contribution >= 4 is 10.0 Å². The molecule has 1 atom stereocenters. The molecule has 0 bridgehead atoms. The molecule has 1 heterocycles. The van der Waals surface area contributed by atoms with Crippen LogP contribution in [0.1, 0.15) is 31.9 Å². The summed E-state index contributed by atoms with van der Waals surface area (Å²) in [4.78, 5) is 0.288. The van der Waals surface area contributed by atoms with E-state index in [1.165, 1.54) is 4.31 Å². The van der Waals surface area contributed by atoms with Gasteiger partial charge in [-0.2, -0.15) is 4.31 Å². The lowest BCUT2D eigenvalue weighted by Gasteiger charge is -2.24. The van der Waals surface area contributed by atoms with Crippen LogP contribution in [0.2, 0.25) is 0 Å². The van der Waals surface area contributed by atoms with Gasteiger partial charge in [0.25, 0.3) is 0 Å². The second-order valence-electron chi connectivity index (χ2n) is 4.53. The molecule has 1 aliphatic rings. The number of hydrogen-bond acceptors (Lipinski definition) is 4. The topological polar surface area (TPSA) is 72.6 Å². The van der Waals surface area contributed by atoms with Crippen molar-refractivity contribution in [2.24, 2.45) is 5.73 Å². The molecule has 0 fully saturated rings. The summed E-state index contributed by atoms with van der Waals surface area (Å²) in [5.74, 6) is 0.692. The molecule has 2 N–H and O–H groups in total. The Balaban J connectivity index is 2.44. The molecule has 0 saturated heterocycles. The van der Waals surface area contributed by atoms with Crippen molar-refractivity contribution in [2.75, 3.05) is 19.7 Å². The lowest BCUT2D eigenvalue weighted by molar-refractivity contribution is 0.268. The number of ether oxygens (including phenoxy) is 1. The molecular weight excluding hydrogens is 264 g/mol. The van der Waals surface area contributed by atoms with E-state index in [0.29, 0.717) is 31.9 Å². The van der Waals surface area contributed by atoms with Gasteiger partial charge in [-0.3, -0.25) is 0 Å². The average molecular weight is 284 g/mol. The van der Waals surface area contributed by atoms with Crippen LogP contribution < -0.4 is 10.5 Å². The second-order valence-corrected chi connectivity index (χ2v) is 6.47. The quantitative estimate of drug-likeness (QED) is 0.909. The van der Waals surface area contributed by atoms with Gasteiger partial charge >= 0.3 is 0 Å². The Morgan fingerprint density at radius 3 is 2.68 bits per heavy atom. The first kappa shape index (κ1) is 14.3. The van der Waals surface area contributed by atoms with E-state index in [0.717, 1.165) is 5.56 Å². The highest BCUT2D eigenvalue weighted by Gasteiger charge is 2.25. The SMILES string of the molecule is CCN(CC)S(=O)(=O)c1ccc2c(c1)C(N)CCO2. The fourth-order valence-corrected chi connectivity index (χ4v) is 3.77. The van der Waals surface area contributed by atoms with Crippen molar-refractivity contribution in [3.8, 4) is 5.75 Å². The normalized spacial score (nSPS) is 19.1. The van der Waals surface area contributed by atoms with Gasteiger partial charge in [-0.15, -0.1) is 0 Å². The highest BCUT2D eigenvalue weighted by atomic mass is 32.2. The van der Waals surface area contributed by atoms with Gasteiger partial charge in [0.15, 0.2) is 0 Å². The number of nitrogens with zero attached hydrogens (tertiary/aromatic N) is 1. The minimum atomic E-state index is -3.44. The van der Waals surface area contributed by atoms with Crippen molar-refractivity contribution < 1.29 is 13.2 Å². The minimum absolute atomic E-state index is 0.157. The molecule has 1 unspecified atom stereocenters. The first-order chi connectivity index (χ1) is 9.00. The summed E-state index contributed by atoms with van der Waals surface area (Å²) in [6.45, 7) is 5.15. The largest absolute Gasteiger partial charge is 0.493 e. The number of hydrogen-bond donors (Lipinski definition) is 1. The van der Waals surface area contributed by atoms with Gasteiger partial charge in [0, 0.05) is 31.1 Å². The second kappa shape index (κ2) is 5.48. The Morgan fingerprint density at radius 2 is 2.05 bits per heavy atom. The maximum Gasteiger partial charge on any atom is 0.243 e. The zero-order valence-electron chi connectivity index (χ0n) is 11.3. The van der Waals surface area contributed by atoms with E-state index in [1.807, 2.05) is 13.8 Å². The van der Waals surface area contributed by atoms with E-state index >= 15 is 0 Å². The number of benzene rings is 1. The molecule has 0 spiro atoms. The Morgan fingerprint density at radius 1 is 1.37 bits per heavy atom. The maximum absolute atomic E-state index is 12.4. The predicted octanol–water partition coefficient (Wildman–Crippen LogP) is 1.50. The van der Waals surface area contributed by atoms with Gasteiger partial charge in [0.05, 0.1) is 11.5 Å². The molecule has 1 aliphatic heterocycles. The summed E-state index contributed by atoms with van der Waals surface area (Å²) >= 11 is 0. The molecule has 0 aliphatic carbocycles. The molecule has 0 aromatic heterocycles. The number of fused-ring (bicyclic) bond motifs is 1. The molecular formula is C13H20N2O3S. The summed E-state index contributed by atoms with van der Waals surface area (Å²) in [6, 6.07) is 4.78. The van der Waals surface area contributed by atoms with Crippen LogP contribution in [-0.4, -0.2) is 32.4 Å². The van der Waals surface area contributed by atoms with Crippen molar-refractivity contribution in [1.82, 2.24) is 4.31 Å². The molecule has 6 heteroatoms. The standard InChI is InChI=1S/C13H20N2O3S/c1-3-15(4-2)19(16,17)10-5-6-13-11(9-10)12(14)7-8-18-13/h5-6,9,12H,3-4,7-8,14H2,1-2H3. The Labute approximate surface area is 114 Å². The van der Waals surface area contributed by atoms with Crippen LogP contribution >= 0.6 is 0 Å². The van der Waals surface area contributed by atoms with E-state index in [-0.39, 0.29) is 10.9 Å². The maximum atomic E-state index is 12.4. The third-order valence-electron chi connectivity index (χ3n) is 3.41.